The number of hydrogen-bond acceptors (Lipinski definition) is 9. The van der Waals surface area contributed by atoms with Gasteiger partial charge in [0.15, 0.2) is 18.0 Å². The molecule has 2 aliphatic heterocycles. The van der Waals surface area contributed by atoms with E-state index in [1.807, 2.05) is 13.8 Å². The summed E-state index contributed by atoms with van der Waals surface area (Å²) >= 11 is 0. The average molecular weight is 704 g/mol. The first-order valence-corrected chi connectivity index (χ1v) is 16.8. The third-order valence-electron chi connectivity index (χ3n) is 9.51. The van der Waals surface area contributed by atoms with Crippen molar-refractivity contribution in [1.29, 1.82) is 0 Å². The van der Waals surface area contributed by atoms with Crippen LogP contribution in [0.15, 0.2) is 22.6 Å². The highest BCUT2D eigenvalue weighted by Gasteiger charge is 2.70. The van der Waals surface area contributed by atoms with Crippen molar-refractivity contribution < 1.29 is 54.3 Å². The molecule has 0 radical (unpaired) electrons. The van der Waals surface area contributed by atoms with Gasteiger partial charge in [-0.1, -0.05) is 34.6 Å². The van der Waals surface area contributed by atoms with Crippen LogP contribution in [0.5, 0.6) is 6.08 Å². The summed E-state index contributed by atoms with van der Waals surface area (Å²) < 4.78 is 89.9. The zero-order chi connectivity index (χ0) is 35.6. The first-order chi connectivity index (χ1) is 22.1. The van der Waals surface area contributed by atoms with E-state index in [0.29, 0.717) is 13.0 Å². The number of hydrogen-bond donors (Lipinski definition) is 3. The van der Waals surface area contributed by atoms with E-state index in [0.717, 1.165) is 17.0 Å². The minimum absolute atomic E-state index is 0.0278. The number of halogens is 4. The van der Waals surface area contributed by atoms with E-state index in [1.54, 1.807) is 0 Å². The van der Waals surface area contributed by atoms with Crippen LogP contribution in [0.25, 0.3) is 11.1 Å². The third-order valence-corrected chi connectivity index (χ3v) is 10.7. The first-order valence-electron chi connectivity index (χ1n) is 15.3. The number of alkyl halides is 3. The largest absolute Gasteiger partial charge is 0.511 e. The summed E-state index contributed by atoms with van der Waals surface area (Å²) in [5.74, 6) is -4.68. The lowest BCUT2D eigenvalue weighted by Crippen LogP contribution is -2.61. The Morgan fingerprint density at radius 3 is 2.50 bits per heavy atom. The second-order valence-corrected chi connectivity index (χ2v) is 15.9. The van der Waals surface area contributed by atoms with Crippen molar-refractivity contribution in [2.75, 3.05) is 19.7 Å². The maximum absolute atomic E-state index is 14.0. The number of carbonyl (C=O) groups is 4. The number of Topliss-reactive ketones (excluding diaryl/α,β-unsaturated/α-hetero) is 1. The maximum Gasteiger partial charge on any atom is 0.511 e. The molecule has 0 unspecified atom stereocenters. The van der Waals surface area contributed by atoms with E-state index in [1.165, 1.54) is 31.6 Å². The smallest absolute Gasteiger partial charge is 0.442 e. The second kappa shape index (κ2) is 12.3. The molecule has 3 fully saturated rings. The molecule has 48 heavy (non-hydrogen) atoms. The number of oxazole rings is 1. The lowest BCUT2D eigenvalue weighted by atomic mass is 9.86. The Kier molecular flexibility index (Phi) is 9.07. The minimum Gasteiger partial charge on any atom is -0.442 e. The van der Waals surface area contributed by atoms with Gasteiger partial charge in [0.25, 0.3) is 0 Å². The van der Waals surface area contributed by atoms with E-state index < -0.39 is 86.3 Å². The fraction of sp³-hybridized carbons (Fsp3) is 0.633. The van der Waals surface area contributed by atoms with Crippen LogP contribution in [0.4, 0.5) is 17.6 Å². The fourth-order valence-corrected chi connectivity index (χ4v) is 7.55. The van der Waals surface area contributed by atoms with Gasteiger partial charge >= 0.3 is 21.6 Å². The van der Waals surface area contributed by atoms with Crippen molar-refractivity contribution in [2.24, 2.45) is 28.6 Å². The molecule has 0 bridgehead atoms. The summed E-state index contributed by atoms with van der Waals surface area (Å²) in [5.41, 5.74) is -7.12. The monoisotopic (exact) mass is 703 g/mol. The number of carbonyl (C=O) groups excluding carboxylic acids is 4. The SMILES string of the molecule is CC(C)(C)[C@H](NS(=O)(=O)C(F)(F)F)C(=O)N1C[C@H]2[C@@H]([C@H]1C(=O)N[C@@H](C[C@@H]1CCNC1=O)C(=O)COc1nc3cc(F)ccc3o1)C2(C)C. The molecule has 0 spiro atoms. The average Bonchev–Trinajstić information content (AvgIpc) is 3.46. The predicted octanol–water partition coefficient (Wildman–Crippen LogP) is 2.26. The molecule has 1 aliphatic carbocycles. The number of benzene rings is 1. The lowest BCUT2D eigenvalue weighted by Gasteiger charge is -2.37. The molecule has 3 heterocycles. The highest BCUT2D eigenvalue weighted by molar-refractivity contribution is 7.90. The molecule has 2 saturated heterocycles. The molecular formula is C30H37F4N5O8S. The molecule has 18 heteroatoms. The van der Waals surface area contributed by atoms with Gasteiger partial charge in [-0.2, -0.15) is 22.9 Å². The summed E-state index contributed by atoms with van der Waals surface area (Å²) in [6.45, 7) is 7.56. The first kappa shape index (κ1) is 35.5. The van der Waals surface area contributed by atoms with Gasteiger partial charge < -0.3 is 24.7 Å². The van der Waals surface area contributed by atoms with E-state index in [2.05, 4.69) is 15.6 Å². The number of likely N-dealkylation sites (tertiary alicyclic amines) is 1. The van der Waals surface area contributed by atoms with Crippen LogP contribution >= 0.6 is 0 Å². The molecule has 1 aromatic heterocycles. The number of nitrogens with one attached hydrogen (secondary N) is 3. The van der Waals surface area contributed by atoms with Crippen LogP contribution in [0.3, 0.4) is 0 Å². The normalized spacial score (nSPS) is 24.9. The van der Waals surface area contributed by atoms with Crippen molar-refractivity contribution >= 4 is 44.6 Å². The quantitative estimate of drug-likeness (QED) is 0.297. The Bertz CT molecular complexity index is 1740. The van der Waals surface area contributed by atoms with Crippen LogP contribution in [-0.4, -0.2) is 85.1 Å². The van der Waals surface area contributed by atoms with Gasteiger partial charge in [-0.3, -0.25) is 19.2 Å². The number of fused-ring (bicyclic) bond motifs is 2. The molecule has 264 valence electrons. The molecule has 3 N–H and O–H groups in total. The van der Waals surface area contributed by atoms with Crippen molar-refractivity contribution in [3.63, 3.8) is 0 Å². The van der Waals surface area contributed by atoms with Crippen LogP contribution in [-0.2, 0) is 29.2 Å². The number of amides is 3. The van der Waals surface area contributed by atoms with Gasteiger partial charge in [0.05, 0.1) is 6.04 Å². The summed E-state index contributed by atoms with van der Waals surface area (Å²) in [4.78, 5) is 58.8. The van der Waals surface area contributed by atoms with Gasteiger partial charge in [0, 0.05) is 25.1 Å². The highest BCUT2D eigenvalue weighted by Crippen LogP contribution is 2.65. The summed E-state index contributed by atoms with van der Waals surface area (Å²) in [6, 6.07) is -0.842. The van der Waals surface area contributed by atoms with Crippen LogP contribution in [0.2, 0.25) is 0 Å². The lowest BCUT2D eigenvalue weighted by molar-refractivity contribution is -0.144. The van der Waals surface area contributed by atoms with E-state index in [-0.39, 0.29) is 42.0 Å². The van der Waals surface area contributed by atoms with Gasteiger partial charge in [-0.15, -0.1) is 0 Å². The minimum atomic E-state index is -5.93. The number of ketones is 1. The van der Waals surface area contributed by atoms with Gasteiger partial charge in [0.1, 0.15) is 23.4 Å². The van der Waals surface area contributed by atoms with Crippen molar-refractivity contribution in [3.8, 4) is 6.08 Å². The second-order valence-electron chi connectivity index (χ2n) is 14.2. The number of ether oxygens (including phenoxy) is 1. The molecule has 1 saturated carbocycles. The summed E-state index contributed by atoms with van der Waals surface area (Å²) in [6.07, 6.45) is -0.0708. The molecule has 3 amide bonds. The van der Waals surface area contributed by atoms with Gasteiger partial charge in [0.2, 0.25) is 17.7 Å². The van der Waals surface area contributed by atoms with Crippen LogP contribution < -0.4 is 20.1 Å². The highest BCUT2D eigenvalue weighted by atomic mass is 32.2. The van der Waals surface area contributed by atoms with Gasteiger partial charge in [-0.25, -0.2) is 12.8 Å². The molecule has 1 aromatic carbocycles. The van der Waals surface area contributed by atoms with E-state index in [4.69, 9.17) is 9.15 Å². The van der Waals surface area contributed by atoms with Crippen LogP contribution in [0.1, 0.15) is 47.5 Å². The Morgan fingerprint density at radius 2 is 1.90 bits per heavy atom. The predicted molar refractivity (Wildman–Crippen MR) is 160 cm³/mol. The van der Waals surface area contributed by atoms with Crippen molar-refractivity contribution in [2.45, 2.75) is 71.1 Å². The fourth-order valence-electron chi connectivity index (χ4n) is 6.66. The Balaban J connectivity index is 1.38. The van der Waals surface area contributed by atoms with Crippen molar-refractivity contribution in [3.05, 3.63) is 24.0 Å². The van der Waals surface area contributed by atoms with Gasteiger partial charge in [-0.05, 0) is 47.6 Å². The number of nitrogens with zero attached hydrogens (tertiary/aromatic N) is 2. The topological polar surface area (TPSA) is 177 Å². The molecule has 6 atom stereocenters. The molecule has 5 rings (SSSR count). The Morgan fingerprint density at radius 1 is 1.21 bits per heavy atom. The number of piperidine rings is 1. The number of aromatic nitrogens is 1. The zero-order valence-electron chi connectivity index (χ0n) is 26.8. The summed E-state index contributed by atoms with van der Waals surface area (Å²) in [5, 5.41) is 5.31. The zero-order valence-corrected chi connectivity index (χ0v) is 27.6. The Labute approximate surface area is 273 Å². The molecule has 2 aromatic rings. The van der Waals surface area contributed by atoms with E-state index >= 15 is 0 Å². The molecule has 3 aliphatic rings. The standard InChI is InChI=1S/C30H37F4N5O8S/c1-28(2,3)23(38-48(44,45)30(32,33)34)26(43)39-12-16-21(29(16,4)5)22(39)25(42)36-17(10-14-8-9-35-24(14)41)19(40)13-46-27-37-18-11-15(31)6-7-20(18)47-27/h6-7,11,14,16-17,21-23,38H,8-10,12-13H2,1-5H3,(H,35,41)(H,36,42)/t14-,16-,17-,21-,22-,23+/m0/s1. The third kappa shape index (κ3) is 6.86. The maximum atomic E-state index is 14.0. The van der Waals surface area contributed by atoms with Crippen LogP contribution in [0, 0.1) is 34.4 Å². The Hall–Kier alpha value is -3.80. The van der Waals surface area contributed by atoms with Crippen molar-refractivity contribution in [1.82, 2.24) is 25.2 Å². The number of sulfonamides is 1. The van der Waals surface area contributed by atoms with E-state index in [9.17, 15) is 45.2 Å². The number of rotatable bonds is 11. The summed E-state index contributed by atoms with van der Waals surface area (Å²) in [7, 11) is -5.93. The molecule has 13 nitrogen and oxygen atoms in total. The molecular weight excluding hydrogens is 666 g/mol.